The molecule has 64 heavy (non-hydrogen) atoms. The summed E-state index contributed by atoms with van der Waals surface area (Å²) in [6.45, 7) is 12.9. The summed E-state index contributed by atoms with van der Waals surface area (Å²) < 4.78 is 28.4. The number of aromatic nitrogens is 4. The highest BCUT2D eigenvalue weighted by molar-refractivity contribution is 6.74. The summed E-state index contributed by atoms with van der Waals surface area (Å²) in [5.74, 6) is 0.168. The van der Waals surface area contributed by atoms with Crippen LogP contribution in [0.25, 0.3) is 11.2 Å². The van der Waals surface area contributed by atoms with E-state index in [1.807, 2.05) is 78.2 Å². The van der Waals surface area contributed by atoms with Gasteiger partial charge in [0.1, 0.15) is 30.9 Å². The van der Waals surface area contributed by atoms with Gasteiger partial charge in [0.05, 0.1) is 30.6 Å². The fourth-order valence-corrected chi connectivity index (χ4v) is 9.26. The van der Waals surface area contributed by atoms with Crippen molar-refractivity contribution in [1.29, 1.82) is 0 Å². The number of benzene rings is 5. The first-order valence-electron chi connectivity index (χ1n) is 21.4. The van der Waals surface area contributed by atoms with Crippen molar-refractivity contribution in [3.8, 4) is 5.75 Å². The zero-order chi connectivity index (χ0) is 45.1. The molecule has 1 aliphatic rings. The molecule has 1 fully saturated rings. The van der Waals surface area contributed by atoms with E-state index >= 15 is 0 Å². The molecule has 0 unspecified atom stereocenters. The Hall–Kier alpha value is -6.51. The number of ether oxygens (including phenoxy) is 3. The van der Waals surface area contributed by atoms with E-state index in [9.17, 15) is 9.59 Å². The van der Waals surface area contributed by atoms with Crippen molar-refractivity contribution in [2.24, 2.45) is 0 Å². The number of nitrogens with one attached hydrogen (secondary N) is 2. The number of aryl methyl sites for hydroxylation is 1. The molecule has 2 aromatic heterocycles. The summed E-state index contributed by atoms with van der Waals surface area (Å²) in [6, 6.07) is 44.2. The maximum Gasteiger partial charge on any atom is 0.338 e. The van der Waals surface area contributed by atoms with Crippen molar-refractivity contribution in [2.75, 3.05) is 19.0 Å². The molecule has 328 valence electrons. The van der Waals surface area contributed by atoms with Crippen LogP contribution in [-0.2, 0) is 19.4 Å². The number of imidazole rings is 1. The Balaban J connectivity index is 1.30. The predicted molar refractivity (Wildman–Crippen MR) is 250 cm³/mol. The zero-order valence-electron chi connectivity index (χ0n) is 37.2. The number of fused-ring (bicyclic) bond motifs is 1. The topological polar surface area (TPSA) is 139 Å². The molecule has 12 nitrogen and oxygen atoms in total. The molecular weight excluding hydrogens is 821 g/mol. The second-order valence-corrected chi connectivity index (χ2v) is 22.4. The van der Waals surface area contributed by atoms with Crippen LogP contribution in [0.3, 0.4) is 0 Å². The number of hydrogen-bond donors (Lipinski definition) is 2. The molecule has 0 radical (unpaired) electrons. The molecular formula is C51H54N6O6Si. The monoisotopic (exact) mass is 874 g/mol. The normalized spacial score (nSPS) is 17.9. The number of hydrogen-bond acceptors (Lipinski definition) is 10. The molecule has 0 spiro atoms. The molecule has 5 aromatic carbocycles. The molecule has 3 heterocycles. The predicted octanol–water partition coefficient (Wildman–Crippen LogP) is 9.49. The van der Waals surface area contributed by atoms with Gasteiger partial charge in [-0.15, -0.1) is 0 Å². The number of anilines is 1. The van der Waals surface area contributed by atoms with Crippen molar-refractivity contribution in [3.05, 3.63) is 186 Å². The van der Waals surface area contributed by atoms with E-state index in [0.717, 1.165) is 28.0 Å². The van der Waals surface area contributed by atoms with Crippen LogP contribution < -0.4 is 15.4 Å². The van der Waals surface area contributed by atoms with Gasteiger partial charge in [0.25, 0.3) is 5.91 Å². The highest BCUT2D eigenvalue weighted by Crippen LogP contribution is 2.46. The second-order valence-electron chi connectivity index (χ2n) is 17.6. The van der Waals surface area contributed by atoms with Crippen LogP contribution in [0, 0.1) is 6.92 Å². The molecule has 2 N–H and O–H groups in total. The highest BCUT2D eigenvalue weighted by Gasteiger charge is 2.54. The molecule has 1 saturated heterocycles. The lowest BCUT2D eigenvalue weighted by molar-refractivity contribution is -0.0516. The SMILES string of the molecule is COc1ccc(C(N[C@H]2[C@H](O[Si](C)(C)C(C)(C)C)[C@H](n3cnc4c(NC(=O)c5ccccc5)ncnc43)O[C@@H]2COC(=O)c2ccc(C)cc2)(c2ccccc2)c2ccccc2)cc1. The van der Waals surface area contributed by atoms with Gasteiger partial charge in [0.15, 0.2) is 31.5 Å². The number of amides is 1. The van der Waals surface area contributed by atoms with Gasteiger partial charge in [-0.1, -0.05) is 129 Å². The first-order valence-corrected chi connectivity index (χ1v) is 24.3. The van der Waals surface area contributed by atoms with Crippen molar-refractivity contribution in [3.63, 3.8) is 0 Å². The average molecular weight is 875 g/mol. The molecule has 1 aliphatic heterocycles. The lowest BCUT2D eigenvalue weighted by atomic mass is 9.76. The van der Waals surface area contributed by atoms with Crippen molar-refractivity contribution >= 4 is 37.2 Å². The Morgan fingerprint density at radius 2 is 1.34 bits per heavy atom. The van der Waals surface area contributed by atoms with Gasteiger partial charge in [-0.2, -0.15) is 0 Å². The van der Waals surface area contributed by atoms with E-state index < -0.39 is 44.3 Å². The summed E-state index contributed by atoms with van der Waals surface area (Å²) in [6.07, 6.45) is 0.731. The Morgan fingerprint density at radius 3 is 1.94 bits per heavy atom. The lowest BCUT2D eigenvalue weighted by Gasteiger charge is -2.44. The molecule has 0 bridgehead atoms. The first-order chi connectivity index (χ1) is 30.8. The summed E-state index contributed by atoms with van der Waals surface area (Å²) in [4.78, 5) is 41.1. The Morgan fingerprint density at radius 1 is 0.750 bits per heavy atom. The van der Waals surface area contributed by atoms with Crippen LogP contribution in [0.1, 0.15) is 70.0 Å². The summed E-state index contributed by atoms with van der Waals surface area (Å²) in [5.41, 5.74) is 4.62. The van der Waals surface area contributed by atoms with Crippen molar-refractivity contribution in [2.45, 2.75) is 75.8 Å². The quantitative estimate of drug-likeness (QED) is 0.0618. The fourth-order valence-electron chi connectivity index (χ4n) is 7.97. The summed E-state index contributed by atoms with van der Waals surface area (Å²) in [7, 11) is -0.976. The number of carbonyl (C=O) groups is 2. The number of esters is 1. The molecule has 4 atom stereocenters. The molecule has 8 rings (SSSR count). The summed E-state index contributed by atoms with van der Waals surface area (Å²) >= 11 is 0. The van der Waals surface area contributed by atoms with Crippen LogP contribution in [0.2, 0.25) is 18.1 Å². The van der Waals surface area contributed by atoms with Crippen LogP contribution in [0.5, 0.6) is 5.75 Å². The van der Waals surface area contributed by atoms with Gasteiger partial charge in [-0.05, 0) is 78.1 Å². The third kappa shape index (κ3) is 8.84. The maximum absolute atomic E-state index is 13.8. The minimum absolute atomic E-state index is 0.111. The van der Waals surface area contributed by atoms with Crippen LogP contribution in [0.4, 0.5) is 5.82 Å². The number of rotatable bonds is 14. The van der Waals surface area contributed by atoms with Crippen LogP contribution in [-0.4, -0.2) is 71.7 Å². The average Bonchev–Trinajstić information content (AvgIpc) is 3.89. The molecule has 1 amide bonds. The number of methoxy groups -OCH3 is 1. The van der Waals surface area contributed by atoms with E-state index in [4.69, 9.17) is 28.6 Å². The van der Waals surface area contributed by atoms with Gasteiger partial charge in [-0.25, -0.2) is 19.7 Å². The number of carbonyl (C=O) groups excluding carboxylic acids is 2. The Kier molecular flexibility index (Phi) is 12.6. The van der Waals surface area contributed by atoms with Crippen LogP contribution >= 0.6 is 0 Å². The Labute approximate surface area is 375 Å². The van der Waals surface area contributed by atoms with E-state index in [2.05, 4.69) is 85.9 Å². The summed E-state index contributed by atoms with van der Waals surface area (Å²) in [5, 5.41) is 6.89. The largest absolute Gasteiger partial charge is 0.497 e. The van der Waals surface area contributed by atoms with E-state index in [1.54, 1.807) is 49.8 Å². The third-order valence-electron chi connectivity index (χ3n) is 12.5. The lowest BCUT2D eigenvalue weighted by Crippen LogP contribution is -2.59. The van der Waals surface area contributed by atoms with Gasteiger partial charge in [-0.3, -0.25) is 14.7 Å². The van der Waals surface area contributed by atoms with Gasteiger partial charge >= 0.3 is 5.97 Å². The van der Waals surface area contributed by atoms with Gasteiger partial charge in [0.2, 0.25) is 0 Å². The number of nitrogens with zero attached hydrogens (tertiary/aromatic N) is 4. The molecule has 7 aromatic rings. The third-order valence-corrected chi connectivity index (χ3v) is 16.9. The first kappa shape index (κ1) is 44.1. The van der Waals surface area contributed by atoms with E-state index in [0.29, 0.717) is 22.3 Å². The fraction of sp³-hybridized carbons (Fsp3) is 0.275. The van der Waals surface area contributed by atoms with Crippen molar-refractivity contribution < 1.29 is 28.2 Å². The zero-order valence-corrected chi connectivity index (χ0v) is 38.2. The Bertz CT molecular complexity index is 2650. The van der Waals surface area contributed by atoms with Gasteiger partial charge < -0.3 is 24.0 Å². The van der Waals surface area contributed by atoms with E-state index in [1.165, 1.54) is 6.33 Å². The van der Waals surface area contributed by atoms with Crippen molar-refractivity contribution in [1.82, 2.24) is 24.8 Å². The smallest absolute Gasteiger partial charge is 0.338 e. The minimum Gasteiger partial charge on any atom is -0.497 e. The molecule has 13 heteroatoms. The molecule has 0 aliphatic carbocycles. The second kappa shape index (κ2) is 18.3. The van der Waals surface area contributed by atoms with Gasteiger partial charge in [0, 0.05) is 5.56 Å². The standard InChI is InChI=1S/C51H54N6O6Si/c1-34-23-25-36(26-24-34)49(59)61-31-41-42(56-51(37-19-13-9-14-20-37,38-21-15-10-16-22-38)39-27-29-40(60-5)30-28-39)44(63-64(6,7)50(2,3)4)48(62-41)57-33-54-43-45(52-32-53-46(43)57)55-47(58)35-17-11-8-12-18-35/h8-30,32-33,41-42,44,48,56H,31H2,1-7H3,(H,52,53,55,58)/t41-,42-,44+,48-/m1/s1. The maximum atomic E-state index is 13.8. The molecule has 0 saturated carbocycles. The van der Waals surface area contributed by atoms with Crippen LogP contribution in [0.15, 0.2) is 152 Å². The van der Waals surface area contributed by atoms with E-state index in [-0.39, 0.29) is 23.4 Å². The minimum atomic E-state index is -2.63. The highest BCUT2D eigenvalue weighted by atomic mass is 28.4.